The first kappa shape index (κ1) is 19.0. The molecular weight excluding hydrogens is 356 g/mol. The van der Waals surface area contributed by atoms with Crippen molar-refractivity contribution < 1.29 is 18.5 Å². The normalized spacial score (nSPS) is 29.0. The summed E-state index contributed by atoms with van der Waals surface area (Å²) in [4.78, 5) is 33.1. The monoisotopic (exact) mass is 382 g/mol. The third-order valence-corrected chi connectivity index (χ3v) is 7.42. The molecule has 0 saturated carbocycles. The van der Waals surface area contributed by atoms with Gasteiger partial charge in [0.15, 0.2) is 5.82 Å². The third-order valence-electron chi connectivity index (χ3n) is 5.24. The van der Waals surface area contributed by atoms with Gasteiger partial charge in [-0.3, -0.25) is 9.59 Å². The van der Waals surface area contributed by atoms with E-state index in [1.54, 1.807) is 6.92 Å². The minimum atomic E-state index is -2.63. The van der Waals surface area contributed by atoms with Gasteiger partial charge in [0.25, 0.3) is 0 Å². The summed E-state index contributed by atoms with van der Waals surface area (Å²) in [6.07, 6.45) is 1.54. The van der Waals surface area contributed by atoms with Crippen LogP contribution in [0, 0.1) is 13.8 Å². The van der Waals surface area contributed by atoms with Crippen molar-refractivity contribution in [2.45, 2.75) is 45.6 Å². The summed E-state index contributed by atoms with van der Waals surface area (Å²) in [7, 11) is -2.63. The molecule has 2 saturated heterocycles. The van der Waals surface area contributed by atoms with Crippen LogP contribution in [0.5, 0.6) is 0 Å². The van der Waals surface area contributed by atoms with Gasteiger partial charge in [0.1, 0.15) is 0 Å². The summed E-state index contributed by atoms with van der Waals surface area (Å²) in [5.41, 5.74) is 1.08. The molecule has 1 aromatic rings. The van der Waals surface area contributed by atoms with Gasteiger partial charge in [0, 0.05) is 36.7 Å². The fourth-order valence-corrected chi connectivity index (χ4v) is 5.59. The van der Waals surface area contributed by atoms with Crippen molar-refractivity contribution in [3.05, 3.63) is 17.2 Å². The first-order chi connectivity index (χ1) is 12.3. The molecule has 0 radical (unpaired) electrons. The second-order valence-corrected chi connectivity index (χ2v) is 9.62. The highest BCUT2D eigenvalue weighted by Crippen LogP contribution is 2.32. The van der Waals surface area contributed by atoms with E-state index < -0.39 is 21.2 Å². The van der Waals surface area contributed by atoms with Crippen molar-refractivity contribution >= 4 is 21.5 Å². The number of hydrogen-bond acceptors (Lipinski definition) is 5. The molecule has 8 nitrogen and oxygen atoms in total. The predicted molar refractivity (Wildman–Crippen MR) is 97.5 cm³/mol. The Morgan fingerprint density at radius 2 is 2.04 bits per heavy atom. The van der Waals surface area contributed by atoms with E-state index >= 15 is 0 Å². The van der Waals surface area contributed by atoms with E-state index in [0.29, 0.717) is 50.5 Å². The Kier molecular flexibility index (Phi) is 5.21. The first-order valence-corrected chi connectivity index (χ1v) is 10.8. The fraction of sp³-hybridized carbons (Fsp3) is 0.706. The fourth-order valence-electron chi connectivity index (χ4n) is 3.44. The van der Waals surface area contributed by atoms with Crippen molar-refractivity contribution in [2.24, 2.45) is 4.36 Å². The summed E-state index contributed by atoms with van der Waals surface area (Å²) >= 11 is 0. The molecule has 9 heteroatoms. The highest BCUT2D eigenvalue weighted by atomic mass is 32.2. The molecule has 0 bridgehead atoms. The highest BCUT2D eigenvalue weighted by molar-refractivity contribution is 7.93. The summed E-state index contributed by atoms with van der Waals surface area (Å²) in [6.45, 7) is 7.10. The maximum atomic E-state index is 13.0. The average Bonchev–Trinajstić information content (AvgIpc) is 2.97. The van der Waals surface area contributed by atoms with E-state index in [2.05, 4.69) is 14.3 Å². The minimum Gasteiger partial charge on any atom is -0.371 e. The Morgan fingerprint density at radius 1 is 1.35 bits per heavy atom. The number of nitrogens with zero attached hydrogens (tertiary/aromatic N) is 3. The van der Waals surface area contributed by atoms with Gasteiger partial charge in [0.05, 0.1) is 27.6 Å². The van der Waals surface area contributed by atoms with Gasteiger partial charge < -0.3 is 14.6 Å². The number of aryl methyl sites for hydroxylation is 2. The van der Waals surface area contributed by atoms with Crippen LogP contribution < -0.4 is 0 Å². The second-order valence-electron chi connectivity index (χ2n) is 7.07. The second kappa shape index (κ2) is 7.11. The van der Waals surface area contributed by atoms with E-state index in [1.165, 1.54) is 0 Å². The van der Waals surface area contributed by atoms with Crippen molar-refractivity contribution in [3.8, 4) is 0 Å². The van der Waals surface area contributed by atoms with Gasteiger partial charge in [-0.05, 0) is 26.7 Å². The van der Waals surface area contributed by atoms with Crippen LogP contribution in [0.3, 0.4) is 0 Å². The molecule has 2 aliphatic rings. The number of rotatable bonds is 2. The van der Waals surface area contributed by atoms with E-state index in [4.69, 9.17) is 4.74 Å². The Hall–Kier alpha value is -1.74. The number of carbonyl (C=O) groups is 2. The minimum absolute atomic E-state index is 0.113. The lowest BCUT2D eigenvalue weighted by Gasteiger charge is -2.45. The number of ether oxygens (including phenoxy) is 1. The lowest BCUT2D eigenvalue weighted by atomic mass is 9.94. The van der Waals surface area contributed by atoms with Crippen LogP contribution >= 0.6 is 0 Å². The molecule has 26 heavy (non-hydrogen) atoms. The predicted octanol–water partition coefficient (Wildman–Crippen LogP) is 1.44. The van der Waals surface area contributed by atoms with Crippen LogP contribution in [-0.4, -0.2) is 67.7 Å². The number of aromatic nitrogens is 2. The number of imidazole rings is 1. The smallest absolute Gasteiger partial charge is 0.320 e. The molecule has 3 rings (SSSR count). The van der Waals surface area contributed by atoms with Crippen molar-refractivity contribution in [1.29, 1.82) is 0 Å². The van der Waals surface area contributed by atoms with E-state index in [0.717, 1.165) is 11.4 Å². The lowest BCUT2D eigenvalue weighted by molar-refractivity contribution is -0.151. The number of amides is 2. The molecule has 1 N–H and O–H groups in total. The summed E-state index contributed by atoms with van der Waals surface area (Å²) < 4.78 is 23.0. The largest absolute Gasteiger partial charge is 0.371 e. The van der Waals surface area contributed by atoms with Gasteiger partial charge in [-0.1, -0.05) is 6.92 Å². The Bertz CT molecular complexity index is 804. The third kappa shape index (κ3) is 3.83. The number of morpholine rings is 1. The van der Waals surface area contributed by atoms with Crippen LogP contribution in [0.15, 0.2) is 4.36 Å². The van der Waals surface area contributed by atoms with Crippen molar-refractivity contribution in [2.75, 3.05) is 31.2 Å². The zero-order chi connectivity index (χ0) is 18.9. The zero-order valence-corrected chi connectivity index (χ0v) is 16.4. The van der Waals surface area contributed by atoms with Crippen molar-refractivity contribution in [1.82, 2.24) is 14.9 Å². The zero-order valence-electron chi connectivity index (χ0n) is 15.5. The number of nitrogens with one attached hydrogen (secondary N) is 1. The standard InChI is InChI=1S/C17H26N4O4S/c1-4-14(22)21-7-8-25-17(11-21)5-9-26(24,10-6-17)20-16(23)15-18-12(2)13(3)19-15/h4-11H2,1-3H3,(H,18,19). The molecule has 2 fully saturated rings. The van der Waals surface area contributed by atoms with E-state index in [-0.39, 0.29) is 11.7 Å². The van der Waals surface area contributed by atoms with Gasteiger partial charge in [-0.25, -0.2) is 9.19 Å². The highest BCUT2D eigenvalue weighted by Gasteiger charge is 2.42. The molecule has 2 amide bonds. The Balaban J connectivity index is 1.71. The van der Waals surface area contributed by atoms with Crippen molar-refractivity contribution in [3.63, 3.8) is 0 Å². The topological polar surface area (TPSA) is 105 Å². The molecule has 0 aliphatic carbocycles. The van der Waals surface area contributed by atoms with Crippen LogP contribution in [0.1, 0.15) is 48.2 Å². The maximum Gasteiger partial charge on any atom is 0.320 e. The molecule has 2 aliphatic heterocycles. The molecule has 144 valence electrons. The van der Waals surface area contributed by atoms with Gasteiger partial charge >= 0.3 is 5.91 Å². The molecular formula is C17H26N4O4S. The van der Waals surface area contributed by atoms with Crippen LogP contribution in [0.25, 0.3) is 0 Å². The maximum absolute atomic E-state index is 13.0. The van der Waals surface area contributed by atoms with Crippen LogP contribution in [0.2, 0.25) is 0 Å². The number of carbonyl (C=O) groups excluding carboxylic acids is 2. The molecule has 0 atom stereocenters. The van der Waals surface area contributed by atoms with E-state index in [1.807, 2.05) is 18.7 Å². The van der Waals surface area contributed by atoms with Crippen LogP contribution in [0.4, 0.5) is 0 Å². The lowest BCUT2D eigenvalue weighted by Crippen LogP contribution is -2.56. The summed E-state index contributed by atoms with van der Waals surface area (Å²) in [5, 5.41) is 0. The SMILES string of the molecule is CCC(=O)N1CCOC2(CCS(=O)(=NC(=O)c3nc(C)c(C)[nH]3)CC2)C1. The number of aromatic amines is 1. The Labute approximate surface area is 153 Å². The molecule has 0 unspecified atom stereocenters. The first-order valence-electron chi connectivity index (χ1n) is 8.98. The van der Waals surface area contributed by atoms with Gasteiger partial charge in [-0.2, -0.15) is 4.36 Å². The summed E-state index contributed by atoms with van der Waals surface area (Å²) in [5.74, 6) is 0.283. The molecule has 3 heterocycles. The van der Waals surface area contributed by atoms with E-state index in [9.17, 15) is 13.8 Å². The molecule has 1 spiro atoms. The number of H-pyrrole nitrogens is 1. The van der Waals surface area contributed by atoms with Gasteiger partial charge in [0.2, 0.25) is 5.91 Å². The quantitative estimate of drug-likeness (QED) is 0.833. The summed E-state index contributed by atoms with van der Waals surface area (Å²) in [6, 6.07) is 0. The Morgan fingerprint density at radius 3 is 2.62 bits per heavy atom. The number of hydrogen-bond donors (Lipinski definition) is 1. The van der Waals surface area contributed by atoms with Crippen LogP contribution in [-0.2, 0) is 19.3 Å². The van der Waals surface area contributed by atoms with Gasteiger partial charge in [-0.15, -0.1) is 0 Å². The molecule has 1 aromatic heterocycles. The molecule has 0 aromatic carbocycles. The average molecular weight is 382 g/mol.